The number of benzene rings is 1. The molecule has 1 fully saturated rings. The highest BCUT2D eigenvalue weighted by Gasteiger charge is 2.32. The van der Waals surface area contributed by atoms with Crippen LogP contribution in [0.1, 0.15) is 18.4 Å². The van der Waals surface area contributed by atoms with Crippen molar-refractivity contribution >= 4 is 11.6 Å². The first-order valence-electron chi connectivity index (χ1n) is 7.20. The minimum absolute atomic E-state index is 0.0367. The quantitative estimate of drug-likeness (QED) is 0.839. The first-order chi connectivity index (χ1) is 11.3. The Morgan fingerprint density at radius 2 is 2.04 bits per heavy atom. The van der Waals surface area contributed by atoms with Crippen molar-refractivity contribution in [1.82, 2.24) is 14.8 Å². The molecule has 0 aliphatic heterocycles. The average molecular weight is 360 g/mol. The highest BCUT2D eigenvalue weighted by Crippen LogP contribution is 2.37. The summed E-state index contributed by atoms with van der Waals surface area (Å²) < 4.78 is 45.0. The summed E-state index contributed by atoms with van der Waals surface area (Å²) in [4.78, 5) is 12.3. The molecule has 0 radical (unpaired) electrons. The lowest BCUT2D eigenvalue weighted by atomic mass is 10.1. The van der Waals surface area contributed by atoms with Crippen molar-refractivity contribution in [2.24, 2.45) is 5.92 Å². The summed E-state index contributed by atoms with van der Waals surface area (Å²) in [5.74, 6) is 0.439. The van der Waals surface area contributed by atoms with Gasteiger partial charge in [-0.05, 0) is 37.0 Å². The summed E-state index contributed by atoms with van der Waals surface area (Å²) in [6, 6.07) is 3.01. The molecule has 3 rings (SSSR count). The van der Waals surface area contributed by atoms with Crippen LogP contribution >= 0.6 is 11.6 Å². The highest BCUT2D eigenvalue weighted by molar-refractivity contribution is 6.29. The molecule has 1 saturated carbocycles. The maximum absolute atomic E-state index is 12.9. The van der Waals surface area contributed by atoms with Crippen molar-refractivity contribution in [3.05, 3.63) is 39.3 Å². The molecule has 24 heavy (non-hydrogen) atoms. The Labute approximate surface area is 140 Å². The molecule has 0 N–H and O–H groups in total. The zero-order valence-corrected chi connectivity index (χ0v) is 13.4. The fraction of sp³-hybridized carbons (Fsp3) is 0.400. The standard InChI is InChI=1S/C15H13ClF3N3O2/c1-24-11-6-9(15(17,18)19)4-5-10(11)13-21-20-12(16)14(23)22(13)7-8-2-3-8/h4-6,8H,2-3,7H2,1H3. The van der Waals surface area contributed by atoms with Crippen LogP contribution in [0.15, 0.2) is 23.0 Å². The Morgan fingerprint density at radius 3 is 2.62 bits per heavy atom. The lowest BCUT2D eigenvalue weighted by Gasteiger charge is -2.15. The Morgan fingerprint density at radius 1 is 1.33 bits per heavy atom. The van der Waals surface area contributed by atoms with Crippen LogP contribution in [0.5, 0.6) is 5.75 Å². The van der Waals surface area contributed by atoms with E-state index in [0.717, 1.165) is 25.0 Å². The monoisotopic (exact) mass is 359 g/mol. The van der Waals surface area contributed by atoms with Crippen LogP contribution in [0.2, 0.25) is 5.15 Å². The Kier molecular flexibility index (Phi) is 4.25. The number of aromatic nitrogens is 3. The van der Waals surface area contributed by atoms with Crippen LogP contribution in [0.4, 0.5) is 13.2 Å². The maximum Gasteiger partial charge on any atom is 0.416 e. The van der Waals surface area contributed by atoms with E-state index in [9.17, 15) is 18.0 Å². The second kappa shape index (κ2) is 6.08. The third-order valence-corrected chi connectivity index (χ3v) is 4.05. The molecule has 2 aromatic rings. The molecule has 1 aliphatic carbocycles. The number of hydrogen-bond acceptors (Lipinski definition) is 4. The third-order valence-electron chi connectivity index (χ3n) is 3.82. The summed E-state index contributed by atoms with van der Waals surface area (Å²) >= 11 is 5.75. The molecule has 0 atom stereocenters. The zero-order chi connectivity index (χ0) is 17.5. The van der Waals surface area contributed by atoms with E-state index in [2.05, 4.69) is 10.2 Å². The van der Waals surface area contributed by atoms with Gasteiger partial charge in [0.15, 0.2) is 5.82 Å². The number of hydrogen-bond donors (Lipinski definition) is 0. The molecule has 1 aliphatic rings. The van der Waals surface area contributed by atoms with Crippen LogP contribution in [0.3, 0.4) is 0 Å². The van der Waals surface area contributed by atoms with Gasteiger partial charge in [0, 0.05) is 6.54 Å². The molecule has 0 unspecified atom stereocenters. The van der Waals surface area contributed by atoms with Gasteiger partial charge in [0.2, 0.25) is 5.15 Å². The smallest absolute Gasteiger partial charge is 0.416 e. The van der Waals surface area contributed by atoms with E-state index in [4.69, 9.17) is 16.3 Å². The number of ether oxygens (including phenoxy) is 1. The molecule has 128 valence electrons. The van der Waals surface area contributed by atoms with Crippen LogP contribution in [0, 0.1) is 5.92 Å². The molecule has 0 bridgehead atoms. The molecule has 0 saturated heterocycles. The van der Waals surface area contributed by atoms with Crippen molar-refractivity contribution in [1.29, 1.82) is 0 Å². The van der Waals surface area contributed by atoms with E-state index in [1.807, 2.05) is 0 Å². The van der Waals surface area contributed by atoms with Crippen molar-refractivity contribution in [2.75, 3.05) is 7.11 Å². The SMILES string of the molecule is COc1cc(C(F)(F)F)ccc1-c1nnc(Cl)c(=O)n1CC1CC1. The molecule has 1 aromatic carbocycles. The van der Waals surface area contributed by atoms with E-state index in [0.29, 0.717) is 12.5 Å². The van der Waals surface area contributed by atoms with Gasteiger partial charge in [-0.25, -0.2) is 0 Å². The number of rotatable bonds is 4. The fourth-order valence-corrected chi connectivity index (χ4v) is 2.51. The lowest BCUT2D eigenvalue weighted by molar-refractivity contribution is -0.137. The van der Waals surface area contributed by atoms with Crippen LogP contribution in [-0.4, -0.2) is 21.9 Å². The summed E-state index contributed by atoms with van der Waals surface area (Å²) in [6.07, 6.45) is -2.53. The molecular weight excluding hydrogens is 347 g/mol. The van der Waals surface area contributed by atoms with Gasteiger partial charge in [-0.1, -0.05) is 11.6 Å². The second-order valence-electron chi connectivity index (χ2n) is 5.59. The topological polar surface area (TPSA) is 57.0 Å². The van der Waals surface area contributed by atoms with Gasteiger partial charge >= 0.3 is 6.18 Å². The van der Waals surface area contributed by atoms with E-state index in [1.165, 1.54) is 17.7 Å². The summed E-state index contributed by atoms with van der Waals surface area (Å²) in [7, 11) is 1.26. The van der Waals surface area contributed by atoms with E-state index in [-0.39, 0.29) is 22.3 Å². The molecule has 1 aromatic heterocycles. The van der Waals surface area contributed by atoms with Crippen molar-refractivity contribution < 1.29 is 17.9 Å². The van der Waals surface area contributed by atoms with Crippen LogP contribution in [-0.2, 0) is 12.7 Å². The largest absolute Gasteiger partial charge is 0.496 e. The second-order valence-corrected chi connectivity index (χ2v) is 5.94. The van der Waals surface area contributed by atoms with Gasteiger partial charge < -0.3 is 4.74 Å². The zero-order valence-electron chi connectivity index (χ0n) is 12.6. The van der Waals surface area contributed by atoms with Gasteiger partial charge in [-0.15, -0.1) is 10.2 Å². The van der Waals surface area contributed by atoms with E-state index < -0.39 is 17.3 Å². The van der Waals surface area contributed by atoms with Gasteiger partial charge in [-0.2, -0.15) is 13.2 Å². The van der Waals surface area contributed by atoms with Crippen LogP contribution in [0.25, 0.3) is 11.4 Å². The fourth-order valence-electron chi connectivity index (χ4n) is 2.38. The van der Waals surface area contributed by atoms with Gasteiger partial charge in [0.1, 0.15) is 5.75 Å². The Bertz CT molecular complexity index is 832. The van der Waals surface area contributed by atoms with Crippen molar-refractivity contribution in [3.8, 4) is 17.1 Å². The first kappa shape index (κ1) is 16.8. The summed E-state index contributed by atoms with van der Waals surface area (Å²) in [5.41, 5.74) is -1.11. The third kappa shape index (κ3) is 3.24. The van der Waals surface area contributed by atoms with Gasteiger partial charge in [0.05, 0.1) is 18.2 Å². The molecule has 9 heteroatoms. The molecular formula is C15H13ClF3N3O2. The summed E-state index contributed by atoms with van der Waals surface area (Å²) in [6.45, 7) is 0.396. The van der Waals surface area contributed by atoms with E-state index in [1.54, 1.807) is 0 Å². The van der Waals surface area contributed by atoms with Gasteiger partial charge in [0.25, 0.3) is 5.56 Å². The maximum atomic E-state index is 12.9. The molecule has 0 amide bonds. The Hall–Kier alpha value is -2.09. The Balaban J connectivity index is 2.15. The minimum atomic E-state index is -4.49. The average Bonchev–Trinajstić information content (AvgIpc) is 3.35. The normalized spacial score (nSPS) is 14.7. The lowest BCUT2D eigenvalue weighted by Crippen LogP contribution is -2.26. The molecule has 1 heterocycles. The number of alkyl halides is 3. The van der Waals surface area contributed by atoms with Gasteiger partial charge in [-0.3, -0.25) is 9.36 Å². The van der Waals surface area contributed by atoms with E-state index >= 15 is 0 Å². The predicted octanol–water partition coefficient (Wildman–Crippen LogP) is 3.40. The highest BCUT2D eigenvalue weighted by atomic mass is 35.5. The predicted molar refractivity (Wildman–Crippen MR) is 81.0 cm³/mol. The number of methoxy groups -OCH3 is 1. The first-order valence-corrected chi connectivity index (χ1v) is 7.57. The molecule has 5 nitrogen and oxygen atoms in total. The van der Waals surface area contributed by atoms with Crippen molar-refractivity contribution in [3.63, 3.8) is 0 Å². The number of halogens is 4. The molecule has 0 spiro atoms. The summed E-state index contributed by atoms with van der Waals surface area (Å²) in [5, 5.41) is 7.23. The van der Waals surface area contributed by atoms with Crippen LogP contribution < -0.4 is 10.3 Å². The number of nitrogens with zero attached hydrogens (tertiary/aromatic N) is 3. The minimum Gasteiger partial charge on any atom is -0.496 e. The van der Waals surface area contributed by atoms with Crippen molar-refractivity contribution in [2.45, 2.75) is 25.6 Å².